The molecule has 4 heteroatoms. The number of aliphatic hydroxyl groups is 1. The first-order valence-corrected chi connectivity index (χ1v) is 4.72. The summed E-state index contributed by atoms with van der Waals surface area (Å²) < 4.78 is 4.84. The highest BCUT2D eigenvalue weighted by atomic mass is 16.5. The molecule has 0 saturated carbocycles. The summed E-state index contributed by atoms with van der Waals surface area (Å²) in [5.41, 5.74) is 0. The average molecular weight is 189 g/mol. The summed E-state index contributed by atoms with van der Waals surface area (Å²) in [5, 5.41) is 9.01. The lowest BCUT2D eigenvalue weighted by Crippen LogP contribution is -2.44. The zero-order valence-corrected chi connectivity index (χ0v) is 8.62. The van der Waals surface area contributed by atoms with Crippen LogP contribution in [0.5, 0.6) is 0 Å². The molecule has 0 aromatic rings. The summed E-state index contributed by atoms with van der Waals surface area (Å²) in [5.74, 6) is -0.339. The van der Waals surface area contributed by atoms with E-state index in [1.165, 1.54) is 0 Å². The Morgan fingerprint density at radius 1 is 1.38 bits per heavy atom. The fraction of sp³-hybridized carbons (Fsp3) is 0.889. The summed E-state index contributed by atoms with van der Waals surface area (Å²) in [4.78, 5) is 13.2. The van der Waals surface area contributed by atoms with Gasteiger partial charge in [0.15, 0.2) is 0 Å². The Hall–Kier alpha value is -0.610. The lowest BCUT2D eigenvalue weighted by Gasteiger charge is -2.25. The van der Waals surface area contributed by atoms with Gasteiger partial charge in [0.25, 0.3) is 0 Å². The Bertz CT molecular complexity index is 146. The molecule has 1 unspecified atom stereocenters. The highest BCUT2D eigenvalue weighted by Gasteiger charge is 2.23. The van der Waals surface area contributed by atoms with Gasteiger partial charge in [0.2, 0.25) is 0 Å². The number of carbonyl (C=O) groups excluding carboxylic acids is 1. The first-order chi connectivity index (χ1) is 6.21. The van der Waals surface area contributed by atoms with E-state index in [0.29, 0.717) is 6.61 Å². The highest BCUT2D eigenvalue weighted by molar-refractivity contribution is 5.75. The molecule has 0 heterocycles. The number of carbonyl (C=O) groups is 1. The van der Waals surface area contributed by atoms with Gasteiger partial charge in [0.1, 0.15) is 6.04 Å². The number of nitrogens with zero attached hydrogens (tertiary/aromatic N) is 1. The minimum atomic E-state index is -0.505. The monoisotopic (exact) mass is 189 g/mol. The van der Waals surface area contributed by atoms with Gasteiger partial charge in [-0.05, 0) is 20.0 Å². The van der Waals surface area contributed by atoms with Crippen LogP contribution in [0.4, 0.5) is 0 Å². The number of rotatable bonds is 6. The van der Waals surface area contributed by atoms with E-state index in [0.717, 1.165) is 13.1 Å². The maximum atomic E-state index is 11.3. The van der Waals surface area contributed by atoms with Crippen LogP contribution in [0, 0.1) is 0 Å². The Kier molecular flexibility index (Phi) is 6.54. The molecule has 0 radical (unpaired) electrons. The van der Waals surface area contributed by atoms with Crippen LogP contribution in [0.25, 0.3) is 0 Å². The van der Waals surface area contributed by atoms with E-state index in [-0.39, 0.29) is 12.6 Å². The second-order valence-corrected chi connectivity index (χ2v) is 2.67. The minimum Gasteiger partial charge on any atom is -0.465 e. The molecule has 13 heavy (non-hydrogen) atoms. The van der Waals surface area contributed by atoms with Gasteiger partial charge >= 0.3 is 5.97 Å². The van der Waals surface area contributed by atoms with Gasteiger partial charge in [-0.25, -0.2) is 0 Å². The number of hydrogen-bond donors (Lipinski definition) is 1. The molecule has 0 bridgehead atoms. The van der Waals surface area contributed by atoms with E-state index in [1.807, 2.05) is 18.7 Å². The van der Waals surface area contributed by atoms with Crippen molar-refractivity contribution in [2.45, 2.75) is 26.8 Å². The summed E-state index contributed by atoms with van der Waals surface area (Å²) in [6, 6.07) is -0.505. The minimum absolute atomic E-state index is 0.180. The van der Waals surface area contributed by atoms with E-state index >= 15 is 0 Å². The van der Waals surface area contributed by atoms with E-state index in [9.17, 15) is 4.79 Å². The Balaban J connectivity index is 4.20. The second kappa shape index (κ2) is 6.86. The molecule has 0 spiro atoms. The van der Waals surface area contributed by atoms with Crippen LogP contribution in [0.15, 0.2) is 0 Å². The lowest BCUT2D eigenvalue weighted by molar-refractivity contribution is -0.151. The summed E-state index contributed by atoms with van der Waals surface area (Å²) in [6.45, 7) is 7.31. The number of aliphatic hydroxyl groups excluding tert-OH is 1. The third kappa shape index (κ3) is 3.74. The highest BCUT2D eigenvalue weighted by Crippen LogP contribution is 2.00. The first-order valence-electron chi connectivity index (χ1n) is 4.72. The Morgan fingerprint density at radius 2 is 1.92 bits per heavy atom. The molecule has 4 nitrogen and oxygen atoms in total. The van der Waals surface area contributed by atoms with Crippen LogP contribution < -0.4 is 0 Å². The molecule has 0 rings (SSSR count). The molecule has 0 fully saturated rings. The predicted molar refractivity (Wildman–Crippen MR) is 50.4 cm³/mol. The molecule has 0 aliphatic rings. The van der Waals surface area contributed by atoms with Crippen molar-refractivity contribution in [2.24, 2.45) is 0 Å². The van der Waals surface area contributed by atoms with Crippen LogP contribution in [0.3, 0.4) is 0 Å². The smallest absolute Gasteiger partial charge is 0.325 e. The van der Waals surface area contributed by atoms with Gasteiger partial charge in [-0.2, -0.15) is 0 Å². The van der Waals surface area contributed by atoms with Crippen molar-refractivity contribution in [3.8, 4) is 0 Å². The SMILES string of the molecule is CCOC(=O)C(CO)N(CC)CC. The van der Waals surface area contributed by atoms with Gasteiger partial charge in [-0.15, -0.1) is 0 Å². The number of likely N-dealkylation sites (N-methyl/N-ethyl adjacent to an activating group) is 1. The van der Waals surface area contributed by atoms with Crippen molar-refractivity contribution < 1.29 is 14.6 Å². The molecule has 78 valence electrons. The Labute approximate surface area is 79.5 Å². The lowest BCUT2D eigenvalue weighted by atomic mass is 10.2. The van der Waals surface area contributed by atoms with Crippen molar-refractivity contribution in [3.63, 3.8) is 0 Å². The van der Waals surface area contributed by atoms with Gasteiger partial charge in [0.05, 0.1) is 13.2 Å². The van der Waals surface area contributed by atoms with Crippen LogP contribution in [0.2, 0.25) is 0 Å². The van der Waals surface area contributed by atoms with Gasteiger partial charge < -0.3 is 9.84 Å². The van der Waals surface area contributed by atoms with E-state index in [2.05, 4.69) is 0 Å². The van der Waals surface area contributed by atoms with Crippen molar-refractivity contribution >= 4 is 5.97 Å². The zero-order chi connectivity index (χ0) is 10.3. The molecule has 0 amide bonds. The standard InChI is InChI=1S/C9H19NO3/c1-4-10(5-2)8(7-11)9(12)13-6-3/h8,11H,4-7H2,1-3H3. The van der Waals surface area contributed by atoms with Gasteiger partial charge in [-0.1, -0.05) is 13.8 Å². The fourth-order valence-corrected chi connectivity index (χ4v) is 1.24. The summed E-state index contributed by atoms with van der Waals surface area (Å²) >= 11 is 0. The maximum absolute atomic E-state index is 11.3. The first kappa shape index (κ1) is 12.4. The van der Waals surface area contributed by atoms with Crippen LogP contribution in [0.1, 0.15) is 20.8 Å². The quantitative estimate of drug-likeness (QED) is 0.609. The largest absolute Gasteiger partial charge is 0.465 e. The van der Waals surface area contributed by atoms with Crippen LogP contribution >= 0.6 is 0 Å². The number of esters is 1. The van der Waals surface area contributed by atoms with Gasteiger partial charge in [-0.3, -0.25) is 9.69 Å². The molecule has 0 saturated heterocycles. The molecule has 0 aromatic carbocycles. The fourth-order valence-electron chi connectivity index (χ4n) is 1.24. The topological polar surface area (TPSA) is 49.8 Å². The van der Waals surface area contributed by atoms with Crippen molar-refractivity contribution in [2.75, 3.05) is 26.3 Å². The van der Waals surface area contributed by atoms with E-state index in [4.69, 9.17) is 9.84 Å². The third-order valence-electron chi connectivity index (χ3n) is 1.98. The van der Waals surface area contributed by atoms with E-state index < -0.39 is 6.04 Å². The van der Waals surface area contributed by atoms with Crippen molar-refractivity contribution in [1.29, 1.82) is 0 Å². The van der Waals surface area contributed by atoms with Crippen LogP contribution in [-0.4, -0.2) is 48.3 Å². The molecule has 1 N–H and O–H groups in total. The third-order valence-corrected chi connectivity index (χ3v) is 1.98. The number of ether oxygens (including phenoxy) is 1. The number of hydrogen-bond acceptors (Lipinski definition) is 4. The van der Waals surface area contributed by atoms with Crippen LogP contribution in [-0.2, 0) is 9.53 Å². The maximum Gasteiger partial charge on any atom is 0.325 e. The predicted octanol–water partition coefficient (Wildman–Crippen LogP) is 0.252. The molecular formula is C9H19NO3. The normalized spacial score (nSPS) is 13.0. The molecule has 0 aliphatic heterocycles. The summed E-state index contributed by atoms with van der Waals surface area (Å²) in [7, 11) is 0. The molecule has 0 aromatic heterocycles. The van der Waals surface area contributed by atoms with Crippen molar-refractivity contribution in [1.82, 2.24) is 4.90 Å². The summed E-state index contributed by atoms with van der Waals surface area (Å²) in [6.07, 6.45) is 0. The Morgan fingerprint density at radius 3 is 2.23 bits per heavy atom. The van der Waals surface area contributed by atoms with Crippen molar-refractivity contribution in [3.05, 3.63) is 0 Å². The van der Waals surface area contributed by atoms with E-state index in [1.54, 1.807) is 6.92 Å². The zero-order valence-electron chi connectivity index (χ0n) is 8.62. The second-order valence-electron chi connectivity index (χ2n) is 2.67. The van der Waals surface area contributed by atoms with Gasteiger partial charge in [0, 0.05) is 0 Å². The molecule has 1 atom stereocenters. The molecule has 0 aliphatic carbocycles. The molecular weight excluding hydrogens is 170 g/mol. The average Bonchev–Trinajstić information content (AvgIpc) is 2.14.